The number of aromatic nitrogens is 4. The van der Waals surface area contributed by atoms with Crippen LogP contribution in [0.5, 0.6) is 0 Å². The van der Waals surface area contributed by atoms with Crippen LogP contribution < -0.4 is 11.3 Å². The molecule has 2 aromatic heterocycles. The van der Waals surface area contributed by atoms with Crippen molar-refractivity contribution in [3.05, 3.63) is 51.7 Å². The van der Waals surface area contributed by atoms with Gasteiger partial charge in [-0.05, 0) is 18.6 Å². The Morgan fingerprint density at radius 2 is 2.24 bits per heavy atom. The highest BCUT2D eigenvalue weighted by molar-refractivity contribution is 6.35. The summed E-state index contributed by atoms with van der Waals surface area (Å²) in [6, 6.07) is 6.51. The van der Waals surface area contributed by atoms with E-state index in [9.17, 15) is 4.79 Å². The van der Waals surface area contributed by atoms with Gasteiger partial charge in [0.25, 0.3) is 5.56 Å². The molecule has 6 nitrogen and oxygen atoms in total. The molecule has 0 radical (unpaired) electrons. The van der Waals surface area contributed by atoms with E-state index in [0.717, 1.165) is 0 Å². The number of benzene rings is 1. The first-order chi connectivity index (χ1) is 10.1. The highest BCUT2D eigenvalue weighted by atomic mass is 35.5. The Bertz CT molecular complexity index is 840. The van der Waals surface area contributed by atoms with Gasteiger partial charge in [-0.1, -0.05) is 24.6 Å². The molecule has 1 aromatic carbocycles. The molecular weight excluding hydrogens is 290 g/mol. The zero-order valence-corrected chi connectivity index (χ0v) is 12.1. The third-order valence-electron chi connectivity index (χ3n) is 3.36. The smallest absolute Gasteiger partial charge is 0.268 e. The molecule has 0 spiro atoms. The maximum absolute atomic E-state index is 12.8. The average molecular weight is 304 g/mol. The molecule has 7 heteroatoms. The number of H-pyrrole nitrogens is 1. The van der Waals surface area contributed by atoms with E-state index in [1.54, 1.807) is 30.5 Å². The summed E-state index contributed by atoms with van der Waals surface area (Å²) in [6.07, 6.45) is 2.29. The summed E-state index contributed by atoms with van der Waals surface area (Å²) in [5, 5.41) is 7.49. The summed E-state index contributed by atoms with van der Waals surface area (Å²) < 4.78 is 1.42. The van der Waals surface area contributed by atoms with Crippen molar-refractivity contribution in [1.29, 1.82) is 0 Å². The van der Waals surface area contributed by atoms with E-state index in [1.807, 2.05) is 6.92 Å². The Morgan fingerprint density at radius 3 is 2.90 bits per heavy atom. The highest BCUT2D eigenvalue weighted by Gasteiger charge is 2.19. The molecule has 1 atom stereocenters. The van der Waals surface area contributed by atoms with E-state index in [-0.39, 0.29) is 11.6 Å². The molecule has 3 N–H and O–H groups in total. The fourth-order valence-corrected chi connectivity index (χ4v) is 2.49. The fraction of sp³-hybridized carbons (Fsp3) is 0.214. The van der Waals surface area contributed by atoms with Gasteiger partial charge in [0, 0.05) is 12.3 Å². The lowest BCUT2D eigenvalue weighted by molar-refractivity contribution is 0.618. The van der Waals surface area contributed by atoms with Crippen LogP contribution in [0.2, 0.25) is 5.02 Å². The van der Waals surface area contributed by atoms with Crippen molar-refractivity contribution < 1.29 is 0 Å². The molecule has 108 valence electrons. The van der Waals surface area contributed by atoms with Crippen molar-refractivity contribution in [2.75, 3.05) is 0 Å². The maximum Gasteiger partial charge on any atom is 0.268 e. The second-order valence-corrected chi connectivity index (χ2v) is 5.10. The van der Waals surface area contributed by atoms with Crippen molar-refractivity contribution in [1.82, 2.24) is 19.7 Å². The molecule has 2 heterocycles. The summed E-state index contributed by atoms with van der Waals surface area (Å²) in [4.78, 5) is 17.3. The van der Waals surface area contributed by atoms with E-state index in [1.165, 1.54) is 4.57 Å². The van der Waals surface area contributed by atoms with E-state index < -0.39 is 0 Å². The van der Waals surface area contributed by atoms with E-state index >= 15 is 0 Å². The Morgan fingerprint density at radius 1 is 1.43 bits per heavy atom. The van der Waals surface area contributed by atoms with Crippen molar-refractivity contribution in [2.24, 2.45) is 5.73 Å². The van der Waals surface area contributed by atoms with Crippen LogP contribution in [0, 0.1) is 0 Å². The van der Waals surface area contributed by atoms with Crippen molar-refractivity contribution in [2.45, 2.75) is 19.4 Å². The van der Waals surface area contributed by atoms with Gasteiger partial charge in [0.05, 0.1) is 22.0 Å². The SMILES string of the molecule is CCC(N)c1nc2cccc(Cl)c2c(=O)n1-c1cc[nH]n1. The molecular formula is C14H14ClN5O. The third-order valence-corrected chi connectivity index (χ3v) is 3.67. The minimum absolute atomic E-state index is 0.267. The minimum Gasteiger partial charge on any atom is -0.321 e. The summed E-state index contributed by atoms with van der Waals surface area (Å²) >= 11 is 6.15. The predicted octanol–water partition coefficient (Wildman–Crippen LogP) is 2.17. The van der Waals surface area contributed by atoms with Gasteiger partial charge in [-0.2, -0.15) is 5.10 Å². The van der Waals surface area contributed by atoms with Gasteiger partial charge in [0.1, 0.15) is 5.82 Å². The maximum atomic E-state index is 12.8. The van der Waals surface area contributed by atoms with Crippen LogP contribution in [0.3, 0.4) is 0 Å². The van der Waals surface area contributed by atoms with Crippen LogP contribution in [0.1, 0.15) is 25.2 Å². The number of halogens is 1. The van der Waals surface area contributed by atoms with Crippen LogP contribution in [-0.4, -0.2) is 19.7 Å². The largest absolute Gasteiger partial charge is 0.321 e. The minimum atomic E-state index is -0.363. The number of nitrogens with one attached hydrogen (secondary N) is 1. The van der Waals surface area contributed by atoms with Crippen LogP contribution in [0.15, 0.2) is 35.3 Å². The predicted molar refractivity (Wildman–Crippen MR) is 81.7 cm³/mol. The number of aromatic amines is 1. The van der Waals surface area contributed by atoms with Crippen molar-refractivity contribution in [3.63, 3.8) is 0 Å². The molecule has 1 unspecified atom stereocenters. The number of rotatable bonds is 3. The van der Waals surface area contributed by atoms with E-state index in [2.05, 4.69) is 15.2 Å². The van der Waals surface area contributed by atoms with E-state index in [0.29, 0.717) is 34.0 Å². The number of nitrogens with two attached hydrogens (primary N) is 1. The fourth-order valence-electron chi connectivity index (χ4n) is 2.24. The zero-order valence-electron chi connectivity index (χ0n) is 11.4. The first kappa shape index (κ1) is 13.8. The Hall–Kier alpha value is -2.18. The Balaban J connectivity index is 2.45. The zero-order chi connectivity index (χ0) is 15.0. The highest BCUT2D eigenvalue weighted by Crippen LogP contribution is 2.22. The lowest BCUT2D eigenvalue weighted by atomic mass is 10.2. The second-order valence-electron chi connectivity index (χ2n) is 4.69. The summed E-state index contributed by atoms with van der Waals surface area (Å²) in [5.74, 6) is 0.928. The van der Waals surface area contributed by atoms with Gasteiger partial charge in [-0.3, -0.25) is 9.89 Å². The lowest BCUT2D eigenvalue weighted by Crippen LogP contribution is -2.28. The van der Waals surface area contributed by atoms with Gasteiger partial charge in [0.15, 0.2) is 5.82 Å². The third kappa shape index (κ3) is 2.22. The van der Waals surface area contributed by atoms with Gasteiger partial charge in [0.2, 0.25) is 0 Å². The van der Waals surface area contributed by atoms with Crippen LogP contribution in [0.25, 0.3) is 16.7 Å². The normalized spacial score (nSPS) is 12.7. The molecule has 0 amide bonds. The molecule has 21 heavy (non-hydrogen) atoms. The molecule has 0 saturated carbocycles. The van der Waals surface area contributed by atoms with Gasteiger partial charge in [-0.25, -0.2) is 9.55 Å². The first-order valence-electron chi connectivity index (χ1n) is 6.60. The monoisotopic (exact) mass is 303 g/mol. The number of fused-ring (bicyclic) bond motifs is 1. The summed E-state index contributed by atoms with van der Waals surface area (Å²) in [6.45, 7) is 1.94. The second kappa shape index (κ2) is 5.31. The molecule has 0 saturated heterocycles. The molecule has 0 bridgehead atoms. The molecule has 0 aliphatic heterocycles. The lowest BCUT2D eigenvalue weighted by Gasteiger charge is -2.16. The van der Waals surface area contributed by atoms with Gasteiger partial charge < -0.3 is 5.73 Å². The van der Waals surface area contributed by atoms with Crippen LogP contribution >= 0.6 is 11.6 Å². The standard InChI is InChI=1S/C14H14ClN5O/c1-2-9(16)13-18-10-5-3-4-8(15)12(10)14(21)20(13)11-6-7-17-19-11/h3-7,9H,2,16H2,1H3,(H,17,19). The van der Waals surface area contributed by atoms with Gasteiger partial charge >= 0.3 is 0 Å². The number of hydrogen-bond acceptors (Lipinski definition) is 4. The molecule has 0 aliphatic carbocycles. The molecule has 3 aromatic rings. The van der Waals surface area contributed by atoms with Crippen LogP contribution in [-0.2, 0) is 0 Å². The average Bonchev–Trinajstić information content (AvgIpc) is 2.99. The van der Waals surface area contributed by atoms with Crippen molar-refractivity contribution in [3.8, 4) is 5.82 Å². The van der Waals surface area contributed by atoms with E-state index in [4.69, 9.17) is 17.3 Å². The quantitative estimate of drug-likeness (QED) is 0.776. The van der Waals surface area contributed by atoms with Gasteiger partial charge in [-0.15, -0.1) is 0 Å². The summed E-state index contributed by atoms with van der Waals surface area (Å²) in [7, 11) is 0. The molecule has 0 fully saturated rings. The molecule has 3 rings (SSSR count). The van der Waals surface area contributed by atoms with Crippen LogP contribution in [0.4, 0.5) is 0 Å². The first-order valence-corrected chi connectivity index (χ1v) is 6.98. The summed E-state index contributed by atoms with van der Waals surface area (Å²) in [5.41, 5.74) is 6.38. The topological polar surface area (TPSA) is 89.6 Å². The molecule has 0 aliphatic rings. The Labute approximate surface area is 125 Å². The Kier molecular flexibility index (Phi) is 3.48. The van der Waals surface area contributed by atoms with Crippen molar-refractivity contribution >= 4 is 22.5 Å². The number of nitrogens with zero attached hydrogens (tertiary/aromatic N) is 3. The number of hydrogen-bond donors (Lipinski definition) is 2.